The number of aliphatic imine (C=N–C) groups is 1. The van der Waals surface area contributed by atoms with Gasteiger partial charge in [-0.05, 0) is 25.2 Å². The molecule has 182 valence electrons. The van der Waals surface area contributed by atoms with Crippen LogP contribution >= 0.6 is 0 Å². The van der Waals surface area contributed by atoms with Crippen molar-refractivity contribution in [1.82, 2.24) is 16.0 Å². The molecule has 3 unspecified atom stereocenters. The Balaban J connectivity index is 4.99. The zero-order valence-corrected chi connectivity index (χ0v) is 18.2. The highest BCUT2D eigenvalue weighted by atomic mass is 16.4. The Morgan fingerprint density at radius 2 is 1.59 bits per heavy atom. The van der Waals surface area contributed by atoms with E-state index >= 15 is 0 Å². The number of hydrogen-bond acceptors (Lipinski definition) is 7. The smallest absolute Gasteiger partial charge is 0.326 e. The fourth-order valence-corrected chi connectivity index (χ4v) is 2.56. The van der Waals surface area contributed by atoms with E-state index in [4.69, 9.17) is 22.3 Å². The molecule has 0 spiro atoms. The number of nitrogens with zero attached hydrogens (tertiary/aromatic N) is 1. The van der Waals surface area contributed by atoms with Crippen LogP contribution in [0, 0.1) is 5.92 Å². The van der Waals surface area contributed by atoms with Gasteiger partial charge in [0.15, 0.2) is 5.96 Å². The second-order valence-corrected chi connectivity index (χ2v) is 7.52. The van der Waals surface area contributed by atoms with Gasteiger partial charge in [-0.3, -0.25) is 24.2 Å². The van der Waals surface area contributed by atoms with Gasteiger partial charge in [0.1, 0.15) is 12.1 Å². The topological polar surface area (TPSA) is 252 Å². The van der Waals surface area contributed by atoms with Gasteiger partial charge in [0.2, 0.25) is 17.7 Å². The summed E-state index contributed by atoms with van der Waals surface area (Å²) < 4.78 is 0. The molecule has 0 rings (SSSR count). The van der Waals surface area contributed by atoms with Gasteiger partial charge < -0.3 is 43.4 Å². The van der Waals surface area contributed by atoms with Crippen molar-refractivity contribution < 1.29 is 34.2 Å². The summed E-state index contributed by atoms with van der Waals surface area (Å²) in [6, 6.07) is -3.63. The largest absolute Gasteiger partial charge is 0.481 e. The summed E-state index contributed by atoms with van der Waals surface area (Å²) >= 11 is 0. The van der Waals surface area contributed by atoms with Crippen molar-refractivity contribution in [2.24, 2.45) is 28.1 Å². The zero-order chi connectivity index (χ0) is 24.8. The van der Waals surface area contributed by atoms with Crippen LogP contribution in [0.5, 0.6) is 0 Å². The lowest BCUT2D eigenvalue weighted by molar-refractivity contribution is -0.142. The first kappa shape index (κ1) is 28.6. The van der Waals surface area contributed by atoms with Crippen LogP contribution in [0.15, 0.2) is 4.99 Å². The Bertz CT molecular complexity index is 708. The van der Waals surface area contributed by atoms with E-state index in [0.29, 0.717) is 0 Å². The highest BCUT2D eigenvalue weighted by Crippen LogP contribution is 2.05. The van der Waals surface area contributed by atoms with Crippen LogP contribution in [-0.4, -0.2) is 77.0 Å². The number of guanidine groups is 1. The zero-order valence-electron chi connectivity index (χ0n) is 18.2. The molecular formula is C18H33N7O7. The van der Waals surface area contributed by atoms with E-state index < -0.39 is 60.8 Å². The number of nitrogens with two attached hydrogens (primary N) is 3. The molecule has 14 heteroatoms. The Morgan fingerprint density at radius 3 is 2.09 bits per heavy atom. The number of amides is 3. The van der Waals surface area contributed by atoms with Gasteiger partial charge in [-0.1, -0.05) is 13.8 Å². The van der Waals surface area contributed by atoms with Crippen LogP contribution < -0.4 is 33.2 Å². The number of carboxylic acid groups (broad SMARTS) is 2. The lowest BCUT2D eigenvalue weighted by atomic mass is 10.0. The molecule has 11 N–H and O–H groups in total. The van der Waals surface area contributed by atoms with E-state index in [1.54, 1.807) is 13.8 Å². The molecule has 0 saturated carbocycles. The molecule has 3 amide bonds. The fourth-order valence-electron chi connectivity index (χ4n) is 2.56. The molecular weight excluding hydrogens is 426 g/mol. The average molecular weight is 460 g/mol. The molecule has 0 aromatic rings. The number of rotatable bonds is 15. The van der Waals surface area contributed by atoms with Gasteiger partial charge >= 0.3 is 11.9 Å². The molecule has 0 bridgehead atoms. The number of carboxylic acids is 2. The third-order valence-corrected chi connectivity index (χ3v) is 4.07. The molecule has 0 aliphatic heterocycles. The van der Waals surface area contributed by atoms with Crippen molar-refractivity contribution >= 4 is 35.6 Å². The fraction of sp³-hybridized carbons (Fsp3) is 0.667. The van der Waals surface area contributed by atoms with Crippen LogP contribution in [0.1, 0.15) is 39.5 Å². The van der Waals surface area contributed by atoms with E-state index in [1.165, 1.54) is 0 Å². The van der Waals surface area contributed by atoms with E-state index in [1.807, 2.05) is 0 Å². The summed E-state index contributed by atoms with van der Waals surface area (Å²) in [5.74, 6) is -4.93. The lowest BCUT2D eigenvalue weighted by Gasteiger charge is -2.21. The van der Waals surface area contributed by atoms with E-state index in [2.05, 4.69) is 20.9 Å². The molecule has 0 aromatic carbocycles. The van der Waals surface area contributed by atoms with E-state index in [0.717, 1.165) is 0 Å². The summed E-state index contributed by atoms with van der Waals surface area (Å²) in [7, 11) is 0. The number of nitrogens with one attached hydrogen (secondary N) is 3. The molecule has 0 aliphatic carbocycles. The first-order chi connectivity index (χ1) is 14.8. The second kappa shape index (κ2) is 14.6. The molecule has 0 fully saturated rings. The van der Waals surface area contributed by atoms with Crippen LogP contribution in [0.3, 0.4) is 0 Å². The number of carbonyl (C=O) groups is 5. The Labute approximate surface area is 185 Å². The van der Waals surface area contributed by atoms with Crippen LogP contribution in [0.2, 0.25) is 0 Å². The predicted molar refractivity (Wildman–Crippen MR) is 114 cm³/mol. The summed E-state index contributed by atoms with van der Waals surface area (Å²) in [6.07, 6.45) is -0.0735. The first-order valence-electron chi connectivity index (χ1n) is 9.96. The maximum absolute atomic E-state index is 12.5. The average Bonchev–Trinajstić information content (AvgIpc) is 2.66. The molecule has 3 atom stereocenters. The summed E-state index contributed by atoms with van der Waals surface area (Å²) in [5.41, 5.74) is 16.0. The van der Waals surface area contributed by atoms with Crippen molar-refractivity contribution in [3.05, 3.63) is 0 Å². The van der Waals surface area contributed by atoms with Gasteiger partial charge in [-0.15, -0.1) is 0 Å². The Morgan fingerprint density at radius 1 is 0.969 bits per heavy atom. The summed E-state index contributed by atoms with van der Waals surface area (Å²) in [5, 5.41) is 24.9. The first-order valence-corrected chi connectivity index (χ1v) is 9.96. The van der Waals surface area contributed by atoms with Crippen molar-refractivity contribution in [2.75, 3.05) is 13.1 Å². The molecule has 0 aliphatic rings. The van der Waals surface area contributed by atoms with Crippen molar-refractivity contribution in [3.8, 4) is 0 Å². The predicted octanol–water partition coefficient (Wildman–Crippen LogP) is -2.94. The van der Waals surface area contributed by atoms with Gasteiger partial charge in [-0.25, -0.2) is 4.79 Å². The van der Waals surface area contributed by atoms with Crippen molar-refractivity contribution in [1.29, 1.82) is 0 Å². The highest BCUT2D eigenvalue weighted by molar-refractivity contribution is 5.93. The molecule has 14 nitrogen and oxygen atoms in total. The summed E-state index contributed by atoms with van der Waals surface area (Å²) in [4.78, 5) is 62.4. The highest BCUT2D eigenvalue weighted by Gasteiger charge is 2.26. The van der Waals surface area contributed by atoms with E-state index in [9.17, 15) is 29.1 Å². The quantitative estimate of drug-likeness (QED) is 0.0702. The minimum absolute atomic E-state index is 0.0193. The minimum atomic E-state index is -1.38. The third kappa shape index (κ3) is 13.0. The Hall–Kier alpha value is -3.42. The normalized spacial score (nSPS) is 13.4. The van der Waals surface area contributed by atoms with Gasteiger partial charge in [0.05, 0.1) is 19.0 Å². The number of carbonyl (C=O) groups excluding carboxylic acids is 3. The maximum Gasteiger partial charge on any atom is 0.326 e. The number of hydrogen-bond donors (Lipinski definition) is 8. The van der Waals surface area contributed by atoms with E-state index in [-0.39, 0.29) is 37.7 Å². The second-order valence-electron chi connectivity index (χ2n) is 7.52. The Kier molecular flexibility index (Phi) is 13.0. The molecule has 0 saturated heterocycles. The standard InChI is InChI=1S/C18H33N7O7/c1-9(2)6-12(17(31)32)24-13(26)8-23-16(30)11(4-3-5-22-18(20)21)25-15(29)10(19)7-14(27)28/h9-12H,3-8,19H2,1-2H3,(H,23,30)(H,24,26)(H,25,29)(H,27,28)(H,31,32)(H4,20,21,22). The SMILES string of the molecule is CC(C)CC(NC(=O)CNC(=O)C(CCCN=C(N)N)NC(=O)C(N)CC(=O)O)C(=O)O. The molecule has 0 radical (unpaired) electrons. The number of aliphatic carboxylic acids is 2. The summed E-state index contributed by atoms with van der Waals surface area (Å²) in [6.45, 7) is 3.24. The van der Waals surface area contributed by atoms with Gasteiger partial charge in [0.25, 0.3) is 0 Å². The molecule has 32 heavy (non-hydrogen) atoms. The van der Waals surface area contributed by atoms with Crippen LogP contribution in [0.25, 0.3) is 0 Å². The van der Waals surface area contributed by atoms with Crippen molar-refractivity contribution in [2.45, 2.75) is 57.7 Å². The lowest BCUT2D eigenvalue weighted by Crippen LogP contribution is -2.53. The maximum atomic E-state index is 12.5. The molecule has 0 heterocycles. The monoisotopic (exact) mass is 459 g/mol. The van der Waals surface area contributed by atoms with Crippen LogP contribution in [-0.2, 0) is 24.0 Å². The van der Waals surface area contributed by atoms with Crippen molar-refractivity contribution in [3.63, 3.8) is 0 Å². The van der Waals surface area contributed by atoms with Crippen LogP contribution in [0.4, 0.5) is 0 Å². The van der Waals surface area contributed by atoms with Gasteiger partial charge in [0, 0.05) is 6.54 Å². The van der Waals surface area contributed by atoms with Gasteiger partial charge in [-0.2, -0.15) is 0 Å². The minimum Gasteiger partial charge on any atom is -0.481 e. The molecule has 0 aromatic heterocycles. The third-order valence-electron chi connectivity index (χ3n) is 4.07.